The monoisotopic (exact) mass is 248 g/mol. The van der Waals surface area contributed by atoms with Gasteiger partial charge in [0.05, 0.1) is 0 Å². The number of nitrogens with zero attached hydrogens (tertiary/aromatic N) is 1. The molecular formula is C14H20N2S. The van der Waals surface area contributed by atoms with E-state index in [2.05, 4.69) is 43.3 Å². The van der Waals surface area contributed by atoms with Crippen LogP contribution in [0.3, 0.4) is 0 Å². The lowest BCUT2D eigenvalue weighted by atomic mass is 10.1. The minimum absolute atomic E-state index is 1.12. The first-order chi connectivity index (χ1) is 8.24. The number of fused-ring (bicyclic) bond motifs is 1. The van der Waals surface area contributed by atoms with Crippen molar-refractivity contribution < 1.29 is 0 Å². The second-order valence-corrected chi connectivity index (χ2v) is 4.32. The Kier molecular flexibility index (Phi) is 5.32. The first kappa shape index (κ1) is 13.9. The maximum Gasteiger partial charge on any atom is 0.0441 e. The lowest BCUT2D eigenvalue weighted by Crippen LogP contribution is -2.08. The number of benzene rings is 2. The van der Waals surface area contributed by atoms with Crippen molar-refractivity contribution in [2.24, 2.45) is 5.14 Å². The zero-order valence-corrected chi connectivity index (χ0v) is 11.7. The molecule has 0 fully saturated rings. The van der Waals surface area contributed by atoms with Gasteiger partial charge in [-0.3, -0.25) is 5.14 Å². The van der Waals surface area contributed by atoms with E-state index in [0.717, 1.165) is 4.90 Å². The van der Waals surface area contributed by atoms with Gasteiger partial charge >= 0.3 is 0 Å². The lowest BCUT2D eigenvalue weighted by molar-refractivity contribution is 1.14. The quantitative estimate of drug-likeness (QED) is 0.817. The van der Waals surface area contributed by atoms with Gasteiger partial charge in [0.15, 0.2) is 0 Å². The summed E-state index contributed by atoms with van der Waals surface area (Å²) in [7, 11) is 4.11. The zero-order valence-electron chi connectivity index (χ0n) is 10.9. The number of hydrogen-bond donors (Lipinski definition) is 1. The van der Waals surface area contributed by atoms with Crippen LogP contribution in [0.1, 0.15) is 13.8 Å². The number of rotatable bonds is 2. The molecule has 0 aliphatic rings. The highest BCUT2D eigenvalue weighted by molar-refractivity contribution is 7.97. The Bertz CT molecular complexity index is 481. The third-order valence-electron chi connectivity index (χ3n) is 2.47. The number of nitrogens with two attached hydrogens (primary N) is 1. The molecule has 2 N–H and O–H groups in total. The molecule has 0 unspecified atom stereocenters. The van der Waals surface area contributed by atoms with Gasteiger partial charge in [0.1, 0.15) is 0 Å². The van der Waals surface area contributed by atoms with Crippen molar-refractivity contribution in [3.63, 3.8) is 0 Å². The van der Waals surface area contributed by atoms with Crippen LogP contribution in [-0.4, -0.2) is 14.1 Å². The SMILES string of the molecule is CC.CN(C)c1cccc2c(SN)cccc12. The maximum atomic E-state index is 5.65. The molecule has 2 aromatic rings. The fraction of sp³-hybridized carbons (Fsp3) is 0.286. The molecular weight excluding hydrogens is 228 g/mol. The predicted octanol–water partition coefficient (Wildman–Crippen LogP) is 3.90. The van der Waals surface area contributed by atoms with Crippen LogP contribution in [0.15, 0.2) is 41.3 Å². The largest absolute Gasteiger partial charge is 0.377 e. The van der Waals surface area contributed by atoms with E-state index in [-0.39, 0.29) is 0 Å². The molecule has 0 saturated heterocycles. The molecule has 3 heteroatoms. The van der Waals surface area contributed by atoms with E-state index in [1.165, 1.54) is 28.4 Å². The molecule has 0 amide bonds. The van der Waals surface area contributed by atoms with Gasteiger partial charge in [-0.1, -0.05) is 38.1 Å². The third-order valence-corrected chi connectivity index (χ3v) is 3.08. The first-order valence-electron chi connectivity index (χ1n) is 5.80. The Hall–Kier alpha value is -1.19. The van der Waals surface area contributed by atoms with Crippen LogP contribution in [0.2, 0.25) is 0 Å². The standard InChI is InChI=1S/C12H14N2S.C2H6/c1-14(2)11-7-3-6-10-9(11)5-4-8-12(10)15-13;1-2/h3-8H,13H2,1-2H3;1-2H3. The second-order valence-electron chi connectivity index (χ2n) is 3.64. The lowest BCUT2D eigenvalue weighted by Gasteiger charge is -2.16. The number of anilines is 1. The topological polar surface area (TPSA) is 29.3 Å². The highest BCUT2D eigenvalue weighted by Gasteiger charge is 2.05. The Morgan fingerprint density at radius 3 is 2.12 bits per heavy atom. The predicted molar refractivity (Wildman–Crippen MR) is 79.7 cm³/mol. The minimum atomic E-state index is 1.12. The van der Waals surface area contributed by atoms with E-state index in [0.29, 0.717) is 0 Å². The minimum Gasteiger partial charge on any atom is -0.377 e. The van der Waals surface area contributed by atoms with Crippen molar-refractivity contribution in [3.8, 4) is 0 Å². The molecule has 0 bridgehead atoms. The highest BCUT2D eigenvalue weighted by atomic mass is 32.2. The van der Waals surface area contributed by atoms with Crippen LogP contribution < -0.4 is 10.0 Å². The fourth-order valence-corrected chi connectivity index (χ4v) is 2.22. The van der Waals surface area contributed by atoms with Crippen molar-refractivity contribution in [1.29, 1.82) is 0 Å². The summed E-state index contributed by atoms with van der Waals surface area (Å²) in [6.07, 6.45) is 0. The van der Waals surface area contributed by atoms with E-state index < -0.39 is 0 Å². The van der Waals surface area contributed by atoms with Crippen LogP contribution in [0.25, 0.3) is 10.8 Å². The molecule has 0 spiro atoms. The summed E-state index contributed by atoms with van der Waals surface area (Å²) in [5, 5.41) is 8.11. The molecule has 0 saturated carbocycles. The molecule has 0 radical (unpaired) electrons. The summed E-state index contributed by atoms with van der Waals surface area (Å²) in [5.74, 6) is 0. The summed E-state index contributed by atoms with van der Waals surface area (Å²) in [4.78, 5) is 3.24. The fourth-order valence-electron chi connectivity index (χ4n) is 1.76. The summed E-state index contributed by atoms with van der Waals surface area (Å²) in [6, 6.07) is 12.5. The van der Waals surface area contributed by atoms with Gasteiger partial charge in [0.25, 0.3) is 0 Å². The van der Waals surface area contributed by atoms with Gasteiger partial charge in [-0.05, 0) is 29.5 Å². The van der Waals surface area contributed by atoms with Crippen molar-refractivity contribution in [3.05, 3.63) is 36.4 Å². The Balaban J connectivity index is 0.000000686. The van der Waals surface area contributed by atoms with Crippen molar-refractivity contribution in [1.82, 2.24) is 0 Å². The summed E-state index contributed by atoms with van der Waals surface area (Å²) >= 11 is 1.30. The van der Waals surface area contributed by atoms with Gasteiger partial charge in [0, 0.05) is 30.1 Å². The Morgan fingerprint density at radius 1 is 0.941 bits per heavy atom. The van der Waals surface area contributed by atoms with Crippen LogP contribution in [0.5, 0.6) is 0 Å². The van der Waals surface area contributed by atoms with Gasteiger partial charge in [-0.15, -0.1) is 0 Å². The van der Waals surface area contributed by atoms with E-state index >= 15 is 0 Å². The van der Waals surface area contributed by atoms with Gasteiger partial charge in [0.2, 0.25) is 0 Å². The molecule has 0 aromatic heterocycles. The summed E-state index contributed by atoms with van der Waals surface area (Å²) in [6.45, 7) is 4.00. The van der Waals surface area contributed by atoms with Crippen molar-refractivity contribution in [2.75, 3.05) is 19.0 Å². The van der Waals surface area contributed by atoms with E-state index in [1.807, 2.05) is 26.0 Å². The van der Waals surface area contributed by atoms with Gasteiger partial charge in [-0.25, -0.2) is 0 Å². The third kappa shape index (κ3) is 2.93. The smallest absolute Gasteiger partial charge is 0.0441 e. The molecule has 0 atom stereocenters. The van der Waals surface area contributed by atoms with Crippen LogP contribution in [-0.2, 0) is 0 Å². The van der Waals surface area contributed by atoms with Crippen molar-refractivity contribution in [2.45, 2.75) is 18.7 Å². The molecule has 0 aliphatic heterocycles. The van der Waals surface area contributed by atoms with Crippen molar-refractivity contribution >= 4 is 28.4 Å². The normalized spacial score (nSPS) is 9.71. The van der Waals surface area contributed by atoms with Crippen LogP contribution in [0, 0.1) is 0 Å². The molecule has 2 nitrogen and oxygen atoms in total. The molecule has 2 aromatic carbocycles. The highest BCUT2D eigenvalue weighted by Crippen LogP contribution is 2.30. The molecule has 92 valence electrons. The summed E-state index contributed by atoms with van der Waals surface area (Å²) in [5.41, 5.74) is 1.23. The van der Waals surface area contributed by atoms with E-state index in [9.17, 15) is 0 Å². The average molecular weight is 248 g/mol. The zero-order chi connectivity index (χ0) is 12.8. The van der Waals surface area contributed by atoms with Gasteiger partial charge in [-0.2, -0.15) is 0 Å². The van der Waals surface area contributed by atoms with Crippen LogP contribution in [0.4, 0.5) is 5.69 Å². The summed E-state index contributed by atoms with van der Waals surface area (Å²) < 4.78 is 0. The Labute approximate surface area is 108 Å². The van der Waals surface area contributed by atoms with Gasteiger partial charge < -0.3 is 4.90 Å². The van der Waals surface area contributed by atoms with Crippen LogP contribution >= 0.6 is 11.9 Å². The number of hydrogen-bond acceptors (Lipinski definition) is 3. The molecule has 0 heterocycles. The molecule has 17 heavy (non-hydrogen) atoms. The average Bonchev–Trinajstić information content (AvgIpc) is 2.39. The molecule has 0 aliphatic carbocycles. The van der Waals surface area contributed by atoms with E-state index in [4.69, 9.17) is 5.14 Å². The molecule has 2 rings (SSSR count). The first-order valence-corrected chi connectivity index (χ1v) is 6.68. The van der Waals surface area contributed by atoms with E-state index in [1.54, 1.807) is 0 Å². The second kappa shape index (κ2) is 6.52. The maximum absolute atomic E-state index is 5.65. The Morgan fingerprint density at radius 2 is 1.53 bits per heavy atom.